The average molecular weight is 346 g/mol. The van der Waals surface area contributed by atoms with Crippen molar-refractivity contribution in [3.63, 3.8) is 0 Å². The van der Waals surface area contributed by atoms with E-state index in [1.165, 1.54) is 5.56 Å². The molecule has 1 N–H and O–H groups in total. The lowest BCUT2D eigenvalue weighted by atomic mass is 10.0. The summed E-state index contributed by atoms with van der Waals surface area (Å²) in [6, 6.07) is 10.6. The predicted octanol–water partition coefficient (Wildman–Crippen LogP) is 3.78. The van der Waals surface area contributed by atoms with Crippen molar-refractivity contribution in [2.75, 3.05) is 0 Å². The van der Waals surface area contributed by atoms with E-state index in [0.717, 1.165) is 30.4 Å². The summed E-state index contributed by atoms with van der Waals surface area (Å²) < 4.78 is 2.10. The molecule has 0 spiro atoms. The molecule has 2 atom stereocenters. The molecular formula is C21H22N4O. The molecule has 1 aliphatic carbocycles. The molecular weight excluding hydrogens is 324 g/mol. The Balaban J connectivity index is 1.51. The van der Waals surface area contributed by atoms with Crippen LogP contribution in [0.4, 0.5) is 0 Å². The lowest BCUT2D eigenvalue weighted by Gasteiger charge is -2.22. The number of nitrogens with zero attached hydrogens (tertiary/aromatic N) is 3. The maximum absolute atomic E-state index is 12.8. The van der Waals surface area contributed by atoms with Crippen LogP contribution in [0.2, 0.25) is 0 Å². The summed E-state index contributed by atoms with van der Waals surface area (Å²) in [5.74, 6) is -0.0662. The molecule has 0 bridgehead atoms. The zero-order valence-corrected chi connectivity index (χ0v) is 14.8. The first-order valence-electron chi connectivity index (χ1n) is 9.01. The molecule has 1 amide bonds. The quantitative estimate of drug-likeness (QED) is 0.782. The second kappa shape index (κ2) is 7.12. The van der Waals surface area contributed by atoms with Crippen LogP contribution in [0.25, 0.3) is 11.1 Å². The van der Waals surface area contributed by atoms with Crippen molar-refractivity contribution in [3.05, 3.63) is 72.6 Å². The third kappa shape index (κ3) is 3.38. The third-order valence-electron chi connectivity index (χ3n) is 5.09. The van der Waals surface area contributed by atoms with E-state index < -0.39 is 0 Å². The van der Waals surface area contributed by atoms with E-state index in [-0.39, 0.29) is 18.0 Å². The summed E-state index contributed by atoms with van der Waals surface area (Å²) in [6.45, 7) is 2.06. The van der Waals surface area contributed by atoms with Crippen molar-refractivity contribution in [1.82, 2.24) is 19.9 Å². The molecule has 2 aromatic heterocycles. The highest BCUT2D eigenvalue weighted by molar-refractivity contribution is 5.95. The molecule has 1 aliphatic rings. The number of carbonyl (C=O) groups excluding carboxylic acids is 1. The summed E-state index contributed by atoms with van der Waals surface area (Å²) >= 11 is 0. The number of hydrogen-bond donors (Lipinski definition) is 1. The van der Waals surface area contributed by atoms with Crippen molar-refractivity contribution in [3.8, 4) is 11.1 Å². The molecule has 26 heavy (non-hydrogen) atoms. The van der Waals surface area contributed by atoms with Crippen molar-refractivity contribution in [2.45, 2.75) is 38.3 Å². The van der Waals surface area contributed by atoms with Crippen molar-refractivity contribution < 1.29 is 4.79 Å². The van der Waals surface area contributed by atoms with E-state index in [4.69, 9.17) is 0 Å². The van der Waals surface area contributed by atoms with Crippen LogP contribution < -0.4 is 5.32 Å². The molecule has 5 nitrogen and oxygen atoms in total. The van der Waals surface area contributed by atoms with Gasteiger partial charge in [0.15, 0.2) is 0 Å². The highest BCUT2D eigenvalue weighted by atomic mass is 16.1. The number of carbonyl (C=O) groups is 1. The van der Waals surface area contributed by atoms with Crippen molar-refractivity contribution in [2.24, 2.45) is 0 Å². The summed E-state index contributed by atoms with van der Waals surface area (Å²) in [7, 11) is 0. The lowest BCUT2D eigenvalue weighted by molar-refractivity contribution is 0.0928. The average Bonchev–Trinajstić information content (AvgIpc) is 3.34. The molecule has 0 unspecified atom stereocenters. The molecule has 0 saturated heterocycles. The topological polar surface area (TPSA) is 59.8 Å². The van der Waals surface area contributed by atoms with E-state index in [1.807, 2.05) is 18.6 Å². The van der Waals surface area contributed by atoms with Gasteiger partial charge in [-0.15, -0.1) is 0 Å². The van der Waals surface area contributed by atoms with Gasteiger partial charge in [0.25, 0.3) is 5.91 Å². The van der Waals surface area contributed by atoms with Gasteiger partial charge in [0.1, 0.15) is 0 Å². The fourth-order valence-electron chi connectivity index (χ4n) is 3.65. The molecule has 0 radical (unpaired) electrons. The first-order chi connectivity index (χ1) is 12.7. The minimum Gasteiger partial charge on any atom is -0.347 e. The Hall–Kier alpha value is -2.95. The molecule has 3 aromatic rings. The Morgan fingerprint density at radius 2 is 1.96 bits per heavy atom. The maximum Gasteiger partial charge on any atom is 0.253 e. The number of hydrogen-bond acceptors (Lipinski definition) is 3. The maximum atomic E-state index is 12.8. The Labute approximate surface area is 153 Å². The Bertz CT molecular complexity index is 887. The number of aryl methyl sites for hydroxylation is 1. The normalized spacial score (nSPS) is 19.4. The number of nitrogens with one attached hydrogen (secondary N) is 1. The molecule has 1 aromatic carbocycles. The number of pyridine rings is 1. The van der Waals surface area contributed by atoms with Gasteiger partial charge in [-0.3, -0.25) is 9.78 Å². The molecule has 2 heterocycles. The zero-order chi connectivity index (χ0) is 17.9. The van der Waals surface area contributed by atoms with Crippen LogP contribution in [-0.2, 0) is 0 Å². The van der Waals surface area contributed by atoms with E-state index in [0.29, 0.717) is 5.56 Å². The number of benzene rings is 1. The minimum atomic E-state index is -0.0662. The van der Waals surface area contributed by atoms with Gasteiger partial charge < -0.3 is 9.88 Å². The minimum absolute atomic E-state index is 0.0662. The molecule has 4 rings (SSSR count). The van der Waals surface area contributed by atoms with E-state index in [9.17, 15) is 4.79 Å². The second-order valence-electron chi connectivity index (χ2n) is 6.92. The SMILES string of the molecule is Cc1ccc(-c2cncc(C(=O)N[C@@H]3CCC[C@@H]3n3ccnc3)c2)cc1. The van der Waals surface area contributed by atoms with E-state index >= 15 is 0 Å². The highest BCUT2D eigenvalue weighted by Gasteiger charge is 2.29. The van der Waals surface area contributed by atoms with Gasteiger partial charge in [-0.2, -0.15) is 0 Å². The largest absolute Gasteiger partial charge is 0.347 e. The van der Waals surface area contributed by atoms with Crippen LogP contribution in [0.5, 0.6) is 0 Å². The van der Waals surface area contributed by atoms with Crippen molar-refractivity contribution in [1.29, 1.82) is 0 Å². The van der Waals surface area contributed by atoms with Crippen LogP contribution in [0.1, 0.15) is 41.2 Å². The smallest absolute Gasteiger partial charge is 0.253 e. The van der Waals surface area contributed by atoms with Gasteiger partial charge >= 0.3 is 0 Å². The summed E-state index contributed by atoms with van der Waals surface area (Å²) in [5.41, 5.74) is 3.83. The number of aromatic nitrogens is 3. The standard InChI is InChI=1S/C21H22N4O/c1-15-5-7-16(8-6-15)17-11-18(13-23-12-17)21(26)24-19-3-2-4-20(19)25-10-9-22-14-25/h5-14,19-20H,2-4H2,1H3,(H,24,26)/t19-,20+/m1/s1. The van der Waals surface area contributed by atoms with Crippen LogP contribution in [-0.4, -0.2) is 26.5 Å². The number of imidazole rings is 1. The molecule has 132 valence electrons. The number of rotatable bonds is 4. The number of amides is 1. The highest BCUT2D eigenvalue weighted by Crippen LogP contribution is 2.30. The molecule has 0 aliphatic heterocycles. The summed E-state index contributed by atoms with van der Waals surface area (Å²) in [5, 5.41) is 3.19. The van der Waals surface area contributed by atoms with Gasteiger partial charge in [0, 0.05) is 36.4 Å². The van der Waals surface area contributed by atoms with Gasteiger partial charge in [0.05, 0.1) is 17.9 Å². The van der Waals surface area contributed by atoms with Crippen LogP contribution in [0.3, 0.4) is 0 Å². The molecule has 1 fully saturated rings. The summed E-state index contributed by atoms with van der Waals surface area (Å²) in [6.07, 6.45) is 12.2. The summed E-state index contributed by atoms with van der Waals surface area (Å²) in [4.78, 5) is 21.2. The van der Waals surface area contributed by atoms with Crippen LogP contribution >= 0.6 is 0 Å². The molecule has 5 heteroatoms. The van der Waals surface area contributed by atoms with Gasteiger partial charge in [-0.1, -0.05) is 29.8 Å². The van der Waals surface area contributed by atoms with Crippen LogP contribution in [0, 0.1) is 6.92 Å². The fraction of sp³-hybridized carbons (Fsp3) is 0.286. The first kappa shape index (κ1) is 16.5. The monoisotopic (exact) mass is 346 g/mol. The fourth-order valence-corrected chi connectivity index (χ4v) is 3.65. The van der Waals surface area contributed by atoms with Crippen LogP contribution in [0.15, 0.2) is 61.4 Å². The first-order valence-corrected chi connectivity index (χ1v) is 9.01. The van der Waals surface area contributed by atoms with Gasteiger partial charge in [-0.25, -0.2) is 4.98 Å². The van der Waals surface area contributed by atoms with Gasteiger partial charge in [0.2, 0.25) is 0 Å². The van der Waals surface area contributed by atoms with Gasteiger partial charge in [-0.05, 0) is 37.8 Å². The zero-order valence-electron chi connectivity index (χ0n) is 14.8. The van der Waals surface area contributed by atoms with Crippen molar-refractivity contribution >= 4 is 5.91 Å². The predicted molar refractivity (Wildman–Crippen MR) is 101 cm³/mol. The Kier molecular flexibility index (Phi) is 4.52. The van der Waals surface area contributed by atoms with E-state index in [1.54, 1.807) is 18.6 Å². The van der Waals surface area contributed by atoms with E-state index in [2.05, 4.69) is 51.0 Å². The third-order valence-corrected chi connectivity index (χ3v) is 5.09. The Morgan fingerprint density at radius 1 is 1.12 bits per heavy atom. The lowest BCUT2D eigenvalue weighted by Crippen LogP contribution is -2.38. The second-order valence-corrected chi connectivity index (χ2v) is 6.92. The Morgan fingerprint density at radius 3 is 2.73 bits per heavy atom. The molecule has 1 saturated carbocycles.